The van der Waals surface area contributed by atoms with Crippen LogP contribution >= 0.6 is 0 Å². The Labute approximate surface area is 107 Å². The van der Waals surface area contributed by atoms with Crippen LogP contribution in [0.5, 0.6) is 0 Å². The Morgan fingerprint density at radius 2 is 1.72 bits per heavy atom. The molecule has 0 aliphatic carbocycles. The molecule has 0 saturated carbocycles. The molecule has 0 radical (unpaired) electrons. The maximum atomic E-state index is 12.1. The van der Waals surface area contributed by atoms with Crippen LogP contribution in [0.3, 0.4) is 0 Å². The molecule has 0 spiro atoms. The van der Waals surface area contributed by atoms with Gasteiger partial charge in [-0.3, -0.25) is 4.79 Å². The van der Waals surface area contributed by atoms with E-state index in [1.165, 1.54) is 4.90 Å². The van der Waals surface area contributed by atoms with Crippen LogP contribution in [0.1, 0.15) is 20.3 Å². The molecule has 7 heteroatoms. The Morgan fingerprint density at radius 3 is 2.06 bits per heavy atom. The third-order valence-electron chi connectivity index (χ3n) is 2.37. The van der Waals surface area contributed by atoms with E-state index < -0.39 is 12.1 Å². The van der Waals surface area contributed by atoms with Crippen molar-refractivity contribution in [1.29, 1.82) is 0 Å². The van der Waals surface area contributed by atoms with Crippen molar-refractivity contribution < 1.29 is 19.8 Å². The van der Waals surface area contributed by atoms with Crippen LogP contribution in [0, 0.1) is 5.92 Å². The molecule has 0 saturated heterocycles. The van der Waals surface area contributed by atoms with Gasteiger partial charge in [0.15, 0.2) is 0 Å². The predicted octanol–water partition coefficient (Wildman–Crippen LogP) is -1.12. The second kappa shape index (κ2) is 8.71. The molecular weight excluding hydrogens is 238 g/mol. The summed E-state index contributed by atoms with van der Waals surface area (Å²) >= 11 is 0. The summed E-state index contributed by atoms with van der Waals surface area (Å²) in [5, 5.41) is 20.1. The number of primary amides is 1. The van der Waals surface area contributed by atoms with Gasteiger partial charge < -0.3 is 26.2 Å². The number of aliphatic hydroxyl groups is 2. The Bertz CT molecular complexity index is 265. The molecule has 1 atom stereocenters. The molecule has 0 bridgehead atoms. The predicted molar refractivity (Wildman–Crippen MR) is 66.7 cm³/mol. The van der Waals surface area contributed by atoms with Crippen molar-refractivity contribution in [2.45, 2.75) is 26.3 Å². The first-order valence-electron chi connectivity index (χ1n) is 5.98. The minimum absolute atomic E-state index is 0.119. The quantitative estimate of drug-likeness (QED) is 0.443. The van der Waals surface area contributed by atoms with Gasteiger partial charge in [0.2, 0.25) is 5.91 Å². The molecule has 7 nitrogen and oxygen atoms in total. The maximum Gasteiger partial charge on any atom is 0.312 e. The molecular formula is C11H23N3O4. The first-order valence-corrected chi connectivity index (χ1v) is 5.98. The lowest BCUT2D eigenvalue weighted by atomic mass is 10.0. The van der Waals surface area contributed by atoms with E-state index in [4.69, 9.17) is 15.9 Å². The van der Waals surface area contributed by atoms with E-state index in [9.17, 15) is 9.59 Å². The molecule has 0 heterocycles. The van der Waals surface area contributed by atoms with Crippen molar-refractivity contribution in [2.75, 3.05) is 26.3 Å². The van der Waals surface area contributed by atoms with E-state index in [2.05, 4.69) is 5.32 Å². The first kappa shape index (κ1) is 16.7. The van der Waals surface area contributed by atoms with Gasteiger partial charge >= 0.3 is 6.03 Å². The standard InChI is InChI=1S/C11H23N3O4/c1-8(2)7-9(13-11(12)18)10(17)14(3-5-15)4-6-16/h8-9,15-16H,3-7H2,1-2H3,(H3,12,13,18). The van der Waals surface area contributed by atoms with E-state index in [1.807, 2.05) is 13.8 Å². The van der Waals surface area contributed by atoms with Gasteiger partial charge in [0.25, 0.3) is 0 Å². The second-order valence-corrected chi connectivity index (χ2v) is 4.46. The van der Waals surface area contributed by atoms with Gasteiger partial charge in [-0.05, 0) is 12.3 Å². The monoisotopic (exact) mass is 261 g/mol. The molecule has 1 unspecified atom stereocenters. The Hall–Kier alpha value is -1.34. The highest BCUT2D eigenvalue weighted by Gasteiger charge is 2.25. The van der Waals surface area contributed by atoms with Gasteiger partial charge in [0, 0.05) is 13.1 Å². The fourth-order valence-electron chi connectivity index (χ4n) is 1.66. The summed E-state index contributed by atoms with van der Waals surface area (Å²) in [5.74, 6) is -0.137. The van der Waals surface area contributed by atoms with Crippen LogP contribution in [0.4, 0.5) is 4.79 Å². The molecule has 0 aromatic heterocycles. The lowest BCUT2D eigenvalue weighted by Crippen LogP contribution is -2.51. The number of rotatable bonds is 8. The van der Waals surface area contributed by atoms with E-state index in [-0.39, 0.29) is 38.1 Å². The van der Waals surface area contributed by atoms with Crippen LogP contribution < -0.4 is 11.1 Å². The molecule has 0 rings (SSSR count). The van der Waals surface area contributed by atoms with Crippen molar-refractivity contribution in [2.24, 2.45) is 11.7 Å². The highest BCUT2D eigenvalue weighted by Crippen LogP contribution is 2.08. The van der Waals surface area contributed by atoms with E-state index >= 15 is 0 Å². The van der Waals surface area contributed by atoms with Crippen LogP contribution in [0.25, 0.3) is 0 Å². The molecule has 0 aliphatic heterocycles. The van der Waals surface area contributed by atoms with Crippen molar-refractivity contribution in [3.63, 3.8) is 0 Å². The summed E-state index contributed by atoms with van der Waals surface area (Å²) in [4.78, 5) is 24.3. The number of nitrogens with two attached hydrogens (primary N) is 1. The second-order valence-electron chi connectivity index (χ2n) is 4.46. The molecule has 106 valence electrons. The largest absolute Gasteiger partial charge is 0.395 e. The zero-order valence-corrected chi connectivity index (χ0v) is 10.9. The fraction of sp³-hybridized carbons (Fsp3) is 0.818. The Balaban J connectivity index is 4.71. The van der Waals surface area contributed by atoms with Crippen molar-refractivity contribution in [1.82, 2.24) is 10.2 Å². The summed E-state index contributed by atoms with van der Waals surface area (Å²) in [7, 11) is 0. The highest BCUT2D eigenvalue weighted by atomic mass is 16.3. The maximum absolute atomic E-state index is 12.1. The summed E-state index contributed by atoms with van der Waals surface area (Å²) in [6.07, 6.45) is 0.454. The van der Waals surface area contributed by atoms with Gasteiger partial charge in [-0.2, -0.15) is 0 Å². The van der Waals surface area contributed by atoms with Crippen LogP contribution in [-0.4, -0.2) is 59.4 Å². The molecule has 3 amide bonds. The number of hydrogen-bond acceptors (Lipinski definition) is 4. The molecule has 0 aromatic carbocycles. The summed E-state index contributed by atoms with van der Waals surface area (Å²) < 4.78 is 0. The van der Waals surface area contributed by atoms with Crippen molar-refractivity contribution in [3.8, 4) is 0 Å². The average Bonchev–Trinajstić information content (AvgIpc) is 2.25. The number of urea groups is 1. The minimum Gasteiger partial charge on any atom is -0.395 e. The third kappa shape index (κ3) is 6.41. The van der Waals surface area contributed by atoms with Gasteiger partial charge in [0.1, 0.15) is 6.04 Å². The number of carbonyl (C=O) groups excluding carboxylic acids is 2. The summed E-state index contributed by atoms with van der Waals surface area (Å²) in [5.41, 5.74) is 5.04. The SMILES string of the molecule is CC(C)CC(NC(N)=O)C(=O)N(CCO)CCO. The smallest absolute Gasteiger partial charge is 0.312 e. The van der Waals surface area contributed by atoms with Crippen LogP contribution in [-0.2, 0) is 4.79 Å². The average molecular weight is 261 g/mol. The van der Waals surface area contributed by atoms with Crippen LogP contribution in [0.15, 0.2) is 0 Å². The molecule has 0 fully saturated rings. The minimum atomic E-state index is -0.762. The van der Waals surface area contributed by atoms with Crippen molar-refractivity contribution >= 4 is 11.9 Å². The van der Waals surface area contributed by atoms with Gasteiger partial charge in [-0.25, -0.2) is 4.79 Å². The Morgan fingerprint density at radius 1 is 1.22 bits per heavy atom. The zero-order valence-electron chi connectivity index (χ0n) is 10.9. The fourth-order valence-corrected chi connectivity index (χ4v) is 1.66. The molecule has 5 N–H and O–H groups in total. The molecule has 0 aromatic rings. The lowest BCUT2D eigenvalue weighted by Gasteiger charge is -2.27. The van der Waals surface area contributed by atoms with Gasteiger partial charge in [-0.1, -0.05) is 13.8 Å². The Kier molecular flexibility index (Phi) is 8.06. The number of nitrogens with one attached hydrogen (secondary N) is 1. The van der Waals surface area contributed by atoms with E-state index in [1.54, 1.807) is 0 Å². The summed E-state index contributed by atoms with van der Waals surface area (Å²) in [6.45, 7) is 3.69. The highest BCUT2D eigenvalue weighted by molar-refractivity contribution is 5.86. The summed E-state index contributed by atoms with van der Waals surface area (Å²) in [6, 6.07) is -1.48. The van der Waals surface area contributed by atoms with Crippen LogP contribution in [0.2, 0.25) is 0 Å². The number of carbonyl (C=O) groups is 2. The zero-order chi connectivity index (χ0) is 14.1. The first-order chi connectivity index (χ1) is 8.42. The van der Waals surface area contributed by atoms with Crippen molar-refractivity contribution in [3.05, 3.63) is 0 Å². The van der Waals surface area contributed by atoms with E-state index in [0.29, 0.717) is 6.42 Å². The lowest BCUT2D eigenvalue weighted by molar-refractivity contribution is -0.134. The number of aliphatic hydroxyl groups excluding tert-OH is 2. The van der Waals surface area contributed by atoms with Gasteiger partial charge in [-0.15, -0.1) is 0 Å². The third-order valence-corrected chi connectivity index (χ3v) is 2.37. The topological polar surface area (TPSA) is 116 Å². The molecule has 18 heavy (non-hydrogen) atoms. The number of hydrogen-bond donors (Lipinski definition) is 4. The normalized spacial score (nSPS) is 12.3. The van der Waals surface area contributed by atoms with E-state index in [0.717, 1.165) is 0 Å². The number of amides is 3. The number of nitrogens with zero attached hydrogens (tertiary/aromatic N) is 1. The van der Waals surface area contributed by atoms with Gasteiger partial charge in [0.05, 0.1) is 13.2 Å². The molecule has 0 aliphatic rings.